The van der Waals surface area contributed by atoms with Crippen LogP contribution in [0.3, 0.4) is 0 Å². The number of hydrogen-bond donors (Lipinski definition) is 1. The average Bonchev–Trinajstić information content (AvgIpc) is 2.81. The minimum absolute atomic E-state index is 0.351. The summed E-state index contributed by atoms with van der Waals surface area (Å²) >= 11 is 0. The second kappa shape index (κ2) is 3.69. The Morgan fingerprint density at radius 3 is 2.61 bits per heavy atom. The number of para-hydroxylation sites is 1. The van der Waals surface area contributed by atoms with Gasteiger partial charge >= 0.3 is 5.69 Å². The van der Waals surface area contributed by atoms with E-state index in [1.165, 1.54) is 17.9 Å². The van der Waals surface area contributed by atoms with Crippen molar-refractivity contribution < 1.29 is 0 Å². The molecule has 0 saturated heterocycles. The van der Waals surface area contributed by atoms with Gasteiger partial charge in [0.05, 0.1) is 11.9 Å². The molecule has 1 aromatic carbocycles. The van der Waals surface area contributed by atoms with E-state index in [-0.39, 0.29) is 5.56 Å². The molecule has 0 aliphatic rings. The van der Waals surface area contributed by atoms with E-state index in [0.29, 0.717) is 11.0 Å². The third kappa shape index (κ3) is 1.39. The van der Waals surface area contributed by atoms with E-state index < -0.39 is 5.69 Å². The first-order chi connectivity index (χ1) is 8.68. The van der Waals surface area contributed by atoms with E-state index in [4.69, 9.17) is 0 Å². The summed E-state index contributed by atoms with van der Waals surface area (Å²) in [4.78, 5) is 26.1. The van der Waals surface area contributed by atoms with Crippen molar-refractivity contribution >= 4 is 11.0 Å². The van der Waals surface area contributed by atoms with Crippen LogP contribution in [0.5, 0.6) is 0 Å². The van der Waals surface area contributed by atoms with Gasteiger partial charge in [-0.25, -0.2) is 9.48 Å². The van der Waals surface area contributed by atoms with Crippen LogP contribution >= 0.6 is 0 Å². The van der Waals surface area contributed by atoms with Gasteiger partial charge in [0.1, 0.15) is 5.39 Å². The monoisotopic (exact) mass is 242 g/mol. The van der Waals surface area contributed by atoms with Crippen LogP contribution < -0.4 is 11.2 Å². The van der Waals surface area contributed by atoms with Crippen LogP contribution in [-0.2, 0) is 7.05 Å². The van der Waals surface area contributed by atoms with Crippen molar-refractivity contribution in [1.29, 1.82) is 0 Å². The van der Waals surface area contributed by atoms with Crippen molar-refractivity contribution in [2.45, 2.75) is 0 Å². The van der Waals surface area contributed by atoms with E-state index in [2.05, 4.69) is 10.1 Å². The van der Waals surface area contributed by atoms with E-state index in [1.807, 2.05) is 30.3 Å². The van der Waals surface area contributed by atoms with Gasteiger partial charge in [-0.3, -0.25) is 14.3 Å². The van der Waals surface area contributed by atoms with Crippen LogP contribution in [0.2, 0.25) is 0 Å². The molecule has 0 bridgehead atoms. The topological polar surface area (TPSA) is 72.7 Å². The highest BCUT2D eigenvalue weighted by molar-refractivity contribution is 5.74. The zero-order valence-electron chi connectivity index (χ0n) is 9.62. The fourth-order valence-corrected chi connectivity index (χ4v) is 1.85. The maximum Gasteiger partial charge on any atom is 0.329 e. The molecular formula is C12H10N4O2. The molecule has 0 saturated carbocycles. The van der Waals surface area contributed by atoms with Crippen molar-refractivity contribution in [3.8, 4) is 5.69 Å². The molecule has 6 nitrogen and oxygen atoms in total. The Morgan fingerprint density at radius 2 is 1.89 bits per heavy atom. The quantitative estimate of drug-likeness (QED) is 0.671. The summed E-state index contributed by atoms with van der Waals surface area (Å²) in [6.07, 6.45) is 1.46. The lowest BCUT2D eigenvalue weighted by molar-refractivity contribution is 0.785. The van der Waals surface area contributed by atoms with Gasteiger partial charge in [-0.05, 0) is 12.1 Å². The summed E-state index contributed by atoms with van der Waals surface area (Å²) in [6.45, 7) is 0. The van der Waals surface area contributed by atoms with Crippen LogP contribution in [0.4, 0.5) is 0 Å². The molecule has 3 aromatic rings. The molecule has 3 rings (SSSR count). The predicted molar refractivity (Wildman–Crippen MR) is 66.9 cm³/mol. The molecule has 1 N–H and O–H groups in total. The largest absolute Gasteiger partial charge is 0.329 e. The number of nitrogens with zero attached hydrogens (tertiary/aromatic N) is 3. The van der Waals surface area contributed by atoms with E-state index in [1.54, 1.807) is 0 Å². The maximum atomic E-state index is 11.9. The first kappa shape index (κ1) is 10.5. The average molecular weight is 242 g/mol. The van der Waals surface area contributed by atoms with Crippen molar-refractivity contribution in [1.82, 2.24) is 19.3 Å². The van der Waals surface area contributed by atoms with E-state index in [9.17, 15) is 9.59 Å². The third-order valence-corrected chi connectivity index (χ3v) is 2.84. The highest BCUT2D eigenvalue weighted by atomic mass is 16.2. The second-order valence-corrected chi connectivity index (χ2v) is 3.95. The molecule has 0 unspecified atom stereocenters. The lowest BCUT2D eigenvalue weighted by Crippen LogP contribution is -2.32. The van der Waals surface area contributed by atoms with Gasteiger partial charge in [-0.2, -0.15) is 5.10 Å². The third-order valence-electron chi connectivity index (χ3n) is 2.84. The number of rotatable bonds is 1. The number of nitrogens with one attached hydrogen (secondary N) is 1. The Labute approximate surface area is 101 Å². The highest BCUT2D eigenvalue weighted by Gasteiger charge is 2.10. The van der Waals surface area contributed by atoms with Gasteiger partial charge in [-0.1, -0.05) is 18.2 Å². The minimum atomic E-state index is -0.454. The number of H-pyrrole nitrogens is 1. The zero-order chi connectivity index (χ0) is 12.7. The van der Waals surface area contributed by atoms with Crippen molar-refractivity contribution in [2.75, 3.05) is 0 Å². The predicted octanol–water partition coefficient (Wildman–Crippen LogP) is 0.412. The standard InChI is InChI=1S/C12H10N4O2/c1-15-11(17)9-7-13-16(10(9)14-12(15)18)8-5-3-2-4-6-8/h2-7H,1H3,(H,14,18). The number of aromatic amines is 1. The second-order valence-electron chi connectivity index (χ2n) is 3.95. The lowest BCUT2D eigenvalue weighted by atomic mass is 10.3. The smallest absolute Gasteiger partial charge is 0.291 e. The van der Waals surface area contributed by atoms with E-state index >= 15 is 0 Å². The Bertz CT molecular complexity index is 827. The fraction of sp³-hybridized carbons (Fsp3) is 0.0833. The summed E-state index contributed by atoms with van der Waals surface area (Å²) in [5, 5.41) is 4.53. The van der Waals surface area contributed by atoms with Crippen LogP contribution in [0.1, 0.15) is 0 Å². The Hall–Kier alpha value is -2.63. The summed E-state index contributed by atoms with van der Waals surface area (Å²) in [6, 6.07) is 9.31. The van der Waals surface area contributed by atoms with Crippen molar-refractivity contribution in [2.24, 2.45) is 7.05 Å². The molecule has 0 aliphatic carbocycles. The summed E-state index contributed by atoms with van der Waals surface area (Å²) in [7, 11) is 1.43. The van der Waals surface area contributed by atoms with E-state index in [0.717, 1.165) is 10.3 Å². The first-order valence-electron chi connectivity index (χ1n) is 5.41. The molecule has 2 aromatic heterocycles. The molecular weight excluding hydrogens is 232 g/mol. The molecule has 2 heterocycles. The van der Waals surface area contributed by atoms with Gasteiger partial charge in [0.2, 0.25) is 0 Å². The molecule has 0 radical (unpaired) electrons. The van der Waals surface area contributed by atoms with Gasteiger partial charge in [-0.15, -0.1) is 0 Å². The van der Waals surface area contributed by atoms with Gasteiger partial charge in [0.15, 0.2) is 5.65 Å². The molecule has 0 fully saturated rings. The molecule has 0 spiro atoms. The highest BCUT2D eigenvalue weighted by Crippen LogP contribution is 2.11. The summed E-state index contributed by atoms with van der Waals surface area (Å²) < 4.78 is 2.57. The minimum Gasteiger partial charge on any atom is -0.291 e. The number of fused-ring (bicyclic) bond motifs is 1. The Kier molecular flexibility index (Phi) is 2.16. The molecule has 0 atom stereocenters. The molecule has 0 aliphatic heterocycles. The number of hydrogen-bond acceptors (Lipinski definition) is 3. The van der Waals surface area contributed by atoms with Crippen molar-refractivity contribution in [3.05, 3.63) is 57.4 Å². The van der Waals surface area contributed by atoms with Gasteiger partial charge in [0, 0.05) is 7.05 Å². The van der Waals surface area contributed by atoms with Gasteiger partial charge < -0.3 is 0 Å². The SMILES string of the molecule is Cn1c(=O)[nH]c2c(cnn2-c2ccccc2)c1=O. The number of benzene rings is 1. The number of aromatic nitrogens is 4. The van der Waals surface area contributed by atoms with Crippen LogP contribution in [-0.4, -0.2) is 19.3 Å². The van der Waals surface area contributed by atoms with Crippen LogP contribution in [0.15, 0.2) is 46.1 Å². The normalized spacial score (nSPS) is 10.9. The van der Waals surface area contributed by atoms with Gasteiger partial charge in [0.25, 0.3) is 5.56 Å². The first-order valence-corrected chi connectivity index (χ1v) is 5.41. The van der Waals surface area contributed by atoms with Crippen LogP contribution in [0.25, 0.3) is 16.7 Å². The molecule has 90 valence electrons. The van der Waals surface area contributed by atoms with Crippen LogP contribution in [0, 0.1) is 0 Å². The van der Waals surface area contributed by atoms with Crippen molar-refractivity contribution in [3.63, 3.8) is 0 Å². The molecule has 6 heteroatoms. The molecule has 0 amide bonds. The fourth-order valence-electron chi connectivity index (χ4n) is 1.85. The lowest BCUT2D eigenvalue weighted by Gasteiger charge is -2.02. The Morgan fingerprint density at radius 1 is 1.17 bits per heavy atom. The maximum absolute atomic E-state index is 11.9. The zero-order valence-corrected chi connectivity index (χ0v) is 9.62. The Balaban J connectivity index is 2.41. The summed E-state index contributed by atoms with van der Waals surface area (Å²) in [5.41, 5.74) is 0.395. The summed E-state index contributed by atoms with van der Waals surface area (Å²) in [5.74, 6) is 0. The molecule has 18 heavy (non-hydrogen) atoms.